The summed E-state index contributed by atoms with van der Waals surface area (Å²) in [5.74, 6) is 0.393. The molecule has 2 rings (SSSR count). The molecule has 0 radical (unpaired) electrons. The Morgan fingerprint density at radius 1 is 1.08 bits per heavy atom. The summed E-state index contributed by atoms with van der Waals surface area (Å²) in [4.78, 5) is 25.8. The predicted molar refractivity (Wildman–Crippen MR) is 91.5 cm³/mol. The second-order valence-corrected chi connectivity index (χ2v) is 6.44. The number of nitrogens with zero attached hydrogens (tertiary/aromatic N) is 1. The fourth-order valence-corrected chi connectivity index (χ4v) is 2.19. The van der Waals surface area contributed by atoms with E-state index in [1.165, 1.54) is 19.6 Å². The van der Waals surface area contributed by atoms with Crippen LogP contribution < -0.4 is 9.47 Å². The number of carbonyl (C=O) groups excluding carboxylic acids is 2. The number of carbonyl (C=O) groups is 2. The van der Waals surface area contributed by atoms with Crippen molar-refractivity contribution in [3.05, 3.63) is 36.7 Å². The predicted octanol–water partition coefficient (Wildman–Crippen LogP) is 2.68. The van der Waals surface area contributed by atoms with Gasteiger partial charge in [0.2, 0.25) is 6.04 Å². The summed E-state index contributed by atoms with van der Waals surface area (Å²) in [6.45, 7) is 5.19. The van der Waals surface area contributed by atoms with Crippen molar-refractivity contribution in [3.8, 4) is 11.5 Å². The number of amides is 1. The van der Waals surface area contributed by atoms with Gasteiger partial charge < -0.3 is 23.7 Å². The van der Waals surface area contributed by atoms with Crippen molar-refractivity contribution in [2.75, 3.05) is 14.2 Å². The Balaban J connectivity index is 2.22. The Labute approximate surface area is 152 Å². The van der Waals surface area contributed by atoms with Crippen LogP contribution in [0.15, 0.2) is 36.7 Å². The van der Waals surface area contributed by atoms with Gasteiger partial charge in [0.25, 0.3) is 6.29 Å². The van der Waals surface area contributed by atoms with E-state index in [1.54, 1.807) is 52.1 Å². The van der Waals surface area contributed by atoms with Gasteiger partial charge in [0, 0.05) is 6.20 Å². The highest BCUT2D eigenvalue weighted by Gasteiger charge is 2.43. The minimum atomic E-state index is -1.16. The zero-order chi connectivity index (χ0) is 19.3. The molecule has 1 aromatic rings. The first kappa shape index (κ1) is 19.4. The monoisotopic (exact) mass is 365 g/mol. The van der Waals surface area contributed by atoms with E-state index in [4.69, 9.17) is 23.7 Å². The third kappa shape index (κ3) is 4.81. The molecule has 8 nitrogen and oxygen atoms in total. The van der Waals surface area contributed by atoms with Crippen LogP contribution in [0.25, 0.3) is 0 Å². The van der Waals surface area contributed by atoms with E-state index in [1.807, 2.05) is 0 Å². The Morgan fingerprint density at radius 2 is 1.69 bits per heavy atom. The highest BCUT2D eigenvalue weighted by Crippen LogP contribution is 2.25. The van der Waals surface area contributed by atoms with E-state index in [0.29, 0.717) is 11.5 Å². The molecule has 142 valence electrons. The van der Waals surface area contributed by atoms with Gasteiger partial charge in [0.1, 0.15) is 23.4 Å². The van der Waals surface area contributed by atoms with E-state index >= 15 is 0 Å². The lowest BCUT2D eigenvalue weighted by Gasteiger charge is -2.35. The van der Waals surface area contributed by atoms with E-state index in [9.17, 15) is 9.59 Å². The van der Waals surface area contributed by atoms with Crippen molar-refractivity contribution in [3.63, 3.8) is 0 Å². The van der Waals surface area contributed by atoms with Crippen molar-refractivity contribution in [1.29, 1.82) is 0 Å². The second-order valence-electron chi connectivity index (χ2n) is 6.44. The molecule has 1 aromatic carbocycles. The molecule has 0 saturated heterocycles. The van der Waals surface area contributed by atoms with E-state index in [0.717, 1.165) is 4.90 Å². The molecule has 0 N–H and O–H groups in total. The van der Waals surface area contributed by atoms with E-state index in [2.05, 4.69) is 0 Å². The first-order valence-electron chi connectivity index (χ1n) is 7.97. The fraction of sp³-hybridized carbons (Fsp3) is 0.444. The fourth-order valence-electron chi connectivity index (χ4n) is 2.19. The zero-order valence-corrected chi connectivity index (χ0v) is 15.4. The average Bonchev–Trinajstić information content (AvgIpc) is 2.60. The third-order valence-electron chi connectivity index (χ3n) is 3.35. The number of benzene rings is 1. The molecule has 1 aliphatic rings. The summed E-state index contributed by atoms with van der Waals surface area (Å²) in [7, 11) is 2.77. The first-order valence-corrected chi connectivity index (χ1v) is 7.97. The van der Waals surface area contributed by atoms with Crippen LogP contribution in [0, 0.1) is 0 Å². The molecular formula is C18H23NO7. The lowest BCUT2D eigenvalue weighted by atomic mass is 10.2. The highest BCUT2D eigenvalue weighted by molar-refractivity contribution is 5.83. The highest BCUT2D eigenvalue weighted by atomic mass is 16.7. The smallest absolute Gasteiger partial charge is 0.415 e. The average molecular weight is 365 g/mol. The van der Waals surface area contributed by atoms with Crippen molar-refractivity contribution in [2.24, 2.45) is 0 Å². The van der Waals surface area contributed by atoms with Gasteiger partial charge in [-0.1, -0.05) is 0 Å². The topological polar surface area (TPSA) is 83.5 Å². The molecular weight excluding hydrogens is 342 g/mol. The summed E-state index contributed by atoms with van der Waals surface area (Å²) in [6, 6.07) is 5.56. The Bertz CT molecular complexity index is 663. The van der Waals surface area contributed by atoms with Crippen LogP contribution in [0.2, 0.25) is 0 Å². The lowest BCUT2D eigenvalue weighted by molar-refractivity contribution is -0.163. The summed E-state index contributed by atoms with van der Waals surface area (Å²) < 4.78 is 26.3. The molecule has 0 unspecified atom stereocenters. The number of ether oxygens (including phenoxy) is 5. The second kappa shape index (κ2) is 7.99. The maximum Gasteiger partial charge on any atom is 0.415 e. The summed E-state index contributed by atoms with van der Waals surface area (Å²) in [5.41, 5.74) is -0.726. The molecule has 0 spiro atoms. The minimum absolute atomic E-state index is 0.434. The van der Waals surface area contributed by atoms with Crippen LogP contribution in [0.1, 0.15) is 20.8 Å². The lowest BCUT2D eigenvalue weighted by Crippen LogP contribution is -2.55. The molecule has 0 saturated carbocycles. The van der Waals surface area contributed by atoms with Crippen LogP contribution in [0.4, 0.5) is 4.79 Å². The quantitative estimate of drug-likeness (QED) is 0.759. The normalized spacial score (nSPS) is 19.3. The maximum absolute atomic E-state index is 12.4. The molecule has 8 heteroatoms. The number of methoxy groups -OCH3 is 2. The Morgan fingerprint density at radius 3 is 2.23 bits per heavy atom. The van der Waals surface area contributed by atoms with E-state index in [-0.39, 0.29) is 0 Å². The van der Waals surface area contributed by atoms with E-state index < -0.39 is 30.0 Å². The number of esters is 1. The number of rotatable bonds is 4. The van der Waals surface area contributed by atoms with Crippen molar-refractivity contribution in [1.82, 2.24) is 4.90 Å². The number of hydrogen-bond donors (Lipinski definition) is 0. The molecule has 1 aliphatic heterocycles. The van der Waals surface area contributed by atoms with Gasteiger partial charge in [-0.05, 0) is 45.0 Å². The van der Waals surface area contributed by atoms with Gasteiger partial charge in [-0.25, -0.2) is 9.59 Å². The van der Waals surface area contributed by atoms with Gasteiger partial charge in [0.05, 0.1) is 14.2 Å². The maximum atomic E-state index is 12.4. The zero-order valence-electron chi connectivity index (χ0n) is 15.4. The van der Waals surface area contributed by atoms with Gasteiger partial charge in [-0.2, -0.15) is 0 Å². The van der Waals surface area contributed by atoms with Crippen LogP contribution in [0.3, 0.4) is 0 Å². The Hall–Kier alpha value is -2.90. The molecule has 0 fully saturated rings. The Kier molecular flexibility index (Phi) is 5.97. The largest absolute Gasteiger partial charge is 0.497 e. The molecule has 0 bridgehead atoms. The van der Waals surface area contributed by atoms with Crippen molar-refractivity contribution >= 4 is 12.1 Å². The molecule has 1 amide bonds. The SMILES string of the molecule is COC(=O)[C@H]1[C@H](Oc2ccc(OC)cc2)OC=CN1C(=O)OC(C)(C)C. The van der Waals surface area contributed by atoms with Crippen LogP contribution in [-0.2, 0) is 19.0 Å². The van der Waals surface area contributed by atoms with Gasteiger partial charge >= 0.3 is 12.1 Å². The molecule has 0 aromatic heterocycles. The van der Waals surface area contributed by atoms with Crippen molar-refractivity contribution in [2.45, 2.75) is 38.7 Å². The van der Waals surface area contributed by atoms with Gasteiger partial charge in [-0.15, -0.1) is 0 Å². The first-order chi connectivity index (χ1) is 12.2. The summed E-state index contributed by atoms with van der Waals surface area (Å²) in [6.07, 6.45) is 0.755. The minimum Gasteiger partial charge on any atom is -0.497 e. The van der Waals surface area contributed by atoms with Crippen LogP contribution >= 0.6 is 0 Å². The molecule has 0 aliphatic carbocycles. The summed E-state index contributed by atoms with van der Waals surface area (Å²) in [5, 5.41) is 0. The number of hydrogen-bond acceptors (Lipinski definition) is 7. The molecule has 26 heavy (non-hydrogen) atoms. The van der Waals surface area contributed by atoms with Gasteiger partial charge in [-0.3, -0.25) is 4.90 Å². The van der Waals surface area contributed by atoms with Crippen molar-refractivity contribution < 1.29 is 33.3 Å². The third-order valence-corrected chi connectivity index (χ3v) is 3.35. The van der Waals surface area contributed by atoms with Gasteiger partial charge in [0.15, 0.2) is 0 Å². The van der Waals surface area contributed by atoms with Crippen LogP contribution in [0.5, 0.6) is 11.5 Å². The molecule has 2 atom stereocenters. The summed E-state index contributed by atoms with van der Waals surface area (Å²) >= 11 is 0. The standard InChI is InChI=1S/C18H23NO7/c1-18(2,3)26-17(21)19-10-11-24-16(14(19)15(20)23-5)25-13-8-6-12(22-4)7-9-13/h6-11,14,16H,1-5H3/t14-,16-/m0/s1. The van der Waals surface area contributed by atoms with Crippen LogP contribution in [-0.4, -0.2) is 49.1 Å². The molecule has 1 heterocycles.